The average Bonchev–Trinajstić information content (AvgIpc) is 2.67. The fourth-order valence-electron chi connectivity index (χ4n) is 7.16. The summed E-state index contributed by atoms with van der Waals surface area (Å²) < 4.78 is 29.3. The number of hydrogen-bond donors (Lipinski definition) is 0. The summed E-state index contributed by atoms with van der Waals surface area (Å²) in [6.45, 7) is 14.5. The molecule has 0 radical (unpaired) electrons. The minimum Gasteiger partial charge on any atom is -0.462 e. The summed E-state index contributed by atoms with van der Waals surface area (Å²) in [6, 6.07) is 0. The van der Waals surface area contributed by atoms with Crippen LogP contribution in [0, 0.1) is 17.3 Å². The molecule has 1 saturated heterocycles. The monoisotopic (exact) mass is 506 g/mol. The molecule has 4 aliphatic carbocycles. The lowest BCUT2D eigenvalue weighted by molar-refractivity contribution is -0.305. The molecule has 0 aromatic rings. The Morgan fingerprint density at radius 3 is 2.17 bits per heavy atom. The SMILES string of the molecule is C=C(C)C(=O)OC12CC3CC(C1)CC(C(=O)OCC1CC(CC(=O)OC(C)(C)C)OC(C)(C)O1)(C3)C2. The van der Waals surface area contributed by atoms with E-state index in [1.54, 1.807) is 20.8 Å². The number of esters is 3. The Hall–Kier alpha value is -1.93. The Labute approximate surface area is 214 Å². The van der Waals surface area contributed by atoms with Crippen LogP contribution >= 0.6 is 0 Å². The van der Waals surface area contributed by atoms with Gasteiger partial charge >= 0.3 is 17.9 Å². The van der Waals surface area contributed by atoms with Gasteiger partial charge in [-0.25, -0.2) is 4.79 Å². The van der Waals surface area contributed by atoms with E-state index in [0.717, 1.165) is 32.1 Å². The van der Waals surface area contributed by atoms with Crippen LogP contribution in [-0.2, 0) is 38.1 Å². The molecule has 0 amide bonds. The number of carbonyl (C=O) groups excluding carboxylic acids is 3. The Morgan fingerprint density at radius 2 is 1.58 bits per heavy atom. The van der Waals surface area contributed by atoms with Crippen LogP contribution in [0.4, 0.5) is 0 Å². The lowest BCUT2D eigenvalue weighted by Gasteiger charge is -2.59. The third kappa shape index (κ3) is 6.13. The van der Waals surface area contributed by atoms with Crippen molar-refractivity contribution in [2.24, 2.45) is 17.3 Å². The lowest BCUT2D eigenvalue weighted by atomic mass is 9.48. The molecule has 0 aromatic heterocycles. The van der Waals surface area contributed by atoms with E-state index < -0.39 is 34.6 Å². The van der Waals surface area contributed by atoms with Gasteiger partial charge in [0.2, 0.25) is 0 Å². The number of carbonyl (C=O) groups is 3. The highest BCUT2D eigenvalue weighted by atomic mass is 16.7. The van der Waals surface area contributed by atoms with Crippen molar-refractivity contribution in [3.05, 3.63) is 12.2 Å². The molecule has 202 valence electrons. The molecule has 4 saturated carbocycles. The number of rotatable bonds is 7. The van der Waals surface area contributed by atoms with Gasteiger partial charge in [-0.15, -0.1) is 0 Å². The van der Waals surface area contributed by atoms with Crippen LogP contribution < -0.4 is 0 Å². The van der Waals surface area contributed by atoms with Crippen molar-refractivity contribution in [3.63, 3.8) is 0 Å². The summed E-state index contributed by atoms with van der Waals surface area (Å²) in [4.78, 5) is 38.3. The smallest absolute Gasteiger partial charge is 0.333 e. The molecular weight excluding hydrogens is 464 g/mol. The molecule has 8 heteroatoms. The van der Waals surface area contributed by atoms with Gasteiger partial charge in [0.05, 0.1) is 24.0 Å². The van der Waals surface area contributed by atoms with Crippen molar-refractivity contribution < 1.29 is 38.1 Å². The highest BCUT2D eigenvalue weighted by Gasteiger charge is 2.63. The first-order valence-corrected chi connectivity index (χ1v) is 13.2. The Bertz CT molecular complexity index is 899. The molecule has 36 heavy (non-hydrogen) atoms. The first-order valence-electron chi connectivity index (χ1n) is 13.2. The highest BCUT2D eigenvalue weighted by molar-refractivity contribution is 5.87. The Morgan fingerprint density at radius 1 is 0.972 bits per heavy atom. The summed E-state index contributed by atoms with van der Waals surface area (Å²) in [5.41, 5.74) is -1.42. The van der Waals surface area contributed by atoms with Gasteiger partial charge in [-0.05, 0) is 85.5 Å². The zero-order valence-corrected chi connectivity index (χ0v) is 22.6. The Balaban J connectivity index is 1.38. The fourth-order valence-corrected chi connectivity index (χ4v) is 7.16. The molecule has 4 unspecified atom stereocenters. The highest BCUT2D eigenvalue weighted by Crippen LogP contribution is 2.63. The number of ether oxygens (including phenoxy) is 5. The van der Waals surface area contributed by atoms with Crippen LogP contribution in [0.1, 0.15) is 92.9 Å². The minimum absolute atomic E-state index is 0.0894. The van der Waals surface area contributed by atoms with E-state index >= 15 is 0 Å². The molecule has 5 rings (SSSR count). The predicted molar refractivity (Wildman–Crippen MR) is 131 cm³/mol. The Kier molecular flexibility index (Phi) is 7.10. The van der Waals surface area contributed by atoms with E-state index in [0.29, 0.717) is 30.3 Å². The van der Waals surface area contributed by atoms with Gasteiger partial charge in [0.15, 0.2) is 5.79 Å². The maximum Gasteiger partial charge on any atom is 0.333 e. The average molecular weight is 507 g/mol. The molecule has 8 nitrogen and oxygen atoms in total. The molecule has 5 aliphatic rings. The van der Waals surface area contributed by atoms with E-state index in [9.17, 15) is 14.4 Å². The summed E-state index contributed by atoms with van der Waals surface area (Å²) in [5, 5.41) is 0. The van der Waals surface area contributed by atoms with Crippen LogP contribution in [-0.4, -0.2) is 53.7 Å². The first-order chi connectivity index (χ1) is 16.6. The third-order valence-corrected chi connectivity index (χ3v) is 7.74. The van der Waals surface area contributed by atoms with Crippen LogP contribution in [0.25, 0.3) is 0 Å². The van der Waals surface area contributed by atoms with Gasteiger partial charge in [0.25, 0.3) is 0 Å². The quantitative estimate of drug-likeness (QED) is 0.280. The normalized spacial score (nSPS) is 36.7. The lowest BCUT2D eigenvalue weighted by Crippen LogP contribution is -2.60. The second kappa shape index (κ2) is 9.43. The van der Waals surface area contributed by atoms with Gasteiger partial charge in [-0.3, -0.25) is 9.59 Å². The van der Waals surface area contributed by atoms with Crippen molar-refractivity contribution in [3.8, 4) is 0 Å². The van der Waals surface area contributed by atoms with Crippen LogP contribution in [0.15, 0.2) is 12.2 Å². The predicted octanol–water partition coefficient (Wildman–Crippen LogP) is 4.63. The van der Waals surface area contributed by atoms with E-state index in [1.807, 2.05) is 20.8 Å². The molecule has 1 aliphatic heterocycles. The van der Waals surface area contributed by atoms with Crippen molar-refractivity contribution in [1.29, 1.82) is 0 Å². The van der Waals surface area contributed by atoms with E-state index in [-0.39, 0.29) is 30.9 Å². The van der Waals surface area contributed by atoms with Crippen molar-refractivity contribution in [2.75, 3.05) is 6.61 Å². The molecule has 0 N–H and O–H groups in total. The van der Waals surface area contributed by atoms with Crippen LogP contribution in [0.5, 0.6) is 0 Å². The van der Waals surface area contributed by atoms with Gasteiger partial charge < -0.3 is 23.7 Å². The van der Waals surface area contributed by atoms with Gasteiger partial charge in [0, 0.05) is 18.4 Å². The van der Waals surface area contributed by atoms with Gasteiger partial charge in [-0.2, -0.15) is 0 Å². The minimum atomic E-state index is -0.913. The summed E-state index contributed by atoms with van der Waals surface area (Å²) in [6.07, 6.45) is 4.49. The van der Waals surface area contributed by atoms with Crippen molar-refractivity contribution >= 4 is 17.9 Å². The molecule has 4 atom stereocenters. The largest absolute Gasteiger partial charge is 0.462 e. The van der Waals surface area contributed by atoms with E-state index in [1.165, 1.54) is 0 Å². The zero-order valence-electron chi connectivity index (χ0n) is 22.6. The maximum atomic E-state index is 13.5. The topological polar surface area (TPSA) is 97.4 Å². The third-order valence-electron chi connectivity index (χ3n) is 7.74. The second-order valence-electron chi connectivity index (χ2n) is 13.1. The molecular formula is C28H42O8. The molecule has 5 fully saturated rings. The van der Waals surface area contributed by atoms with Gasteiger partial charge in [0.1, 0.15) is 17.8 Å². The van der Waals surface area contributed by atoms with Crippen LogP contribution in [0.2, 0.25) is 0 Å². The van der Waals surface area contributed by atoms with Gasteiger partial charge in [-0.1, -0.05) is 6.58 Å². The van der Waals surface area contributed by atoms with E-state index in [4.69, 9.17) is 23.7 Å². The fraction of sp³-hybridized carbons (Fsp3) is 0.821. The molecule has 0 spiro atoms. The second-order valence-corrected chi connectivity index (χ2v) is 13.1. The van der Waals surface area contributed by atoms with Crippen molar-refractivity contribution in [2.45, 2.75) is 122 Å². The zero-order chi connectivity index (χ0) is 26.5. The molecule has 1 heterocycles. The first kappa shape index (κ1) is 27.1. The summed E-state index contributed by atoms with van der Waals surface area (Å²) in [7, 11) is 0. The summed E-state index contributed by atoms with van der Waals surface area (Å²) >= 11 is 0. The standard InChI is InChI=1S/C28H42O8/c1-17(2)23(30)36-28-13-18-8-19(14-28)12-27(11-18,16-28)24(31)32-15-21-9-20(33-26(6,7)34-21)10-22(29)35-25(3,4)5/h18-21H,1,8-16H2,2-7H3. The summed E-state index contributed by atoms with van der Waals surface area (Å²) in [5.74, 6) is -1.15. The van der Waals surface area contributed by atoms with E-state index in [2.05, 4.69) is 6.58 Å². The van der Waals surface area contributed by atoms with Crippen molar-refractivity contribution in [1.82, 2.24) is 0 Å². The van der Waals surface area contributed by atoms with Crippen LogP contribution in [0.3, 0.4) is 0 Å². The number of hydrogen-bond acceptors (Lipinski definition) is 8. The molecule has 4 bridgehead atoms. The maximum absolute atomic E-state index is 13.5. The molecule has 0 aromatic carbocycles.